The summed E-state index contributed by atoms with van der Waals surface area (Å²) in [4.78, 5) is 28.0. The van der Waals surface area contributed by atoms with Crippen LogP contribution in [0.2, 0.25) is 0 Å². The Morgan fingerprint density at radius 2 is 1.16 bits per heavy atom. The van der Waals surface area contributed by atoms with E-state index in [4.69, 9.17) is 13.6 Å². The predicted molar refractivity (Wildman–Crippen MR) is 272 cm³/mol. The number of nitrogens with one attached hydrogen (secondary N) is 2. The van der Waals surface area contributed by atoms with Crippen LogP contribution in [-0.4, -0.2) is 150 Å². The third kappa shape index (κ3) is 17.8. The summed E-state index contributed by atoms with van der Waals surface area (Å²) < 4.78 is 84.6. The Bertz CT molecular complexity index is 2030. The molecule has 73 heavy (non-hydrogen) atoms. The Morgan fingerprint density at radius 3 is 1.63 bits per heavy atom. The third-order valence-electron chi connectivity index (χ3n) is 15.7. The van der Waals surface area contributed by atoms with Crippen molar-refractivity contribution in [1.29, 1.82) is 0 Å². The van der Waals surface area contributed by atoms with Gasteiger partial charge in [-0.3, -0.25) is 4.55 Å². The summed E-state index contributed by atoms with van der Waals surface area (Å²) in [6, 6.07) is 1.63. The normalized spacial score (nSPS) is 22.9. The van der Waals surface area contributed by atoms with E-state index >= 15 is 0 Å². The van der Waals surface area contributed by atoms with E-state index in [1.54, 1.807) is 0 Å². The van der Waals surface area contributed by atoms with Gasteiger partial charge in [0.15, 0.2) is 0 Å². The standard InChI is InChI=1S/C18H27N3O6S.C16H25N5O6S.C16H36N/c22-18-20-12-14(21(18)27-28(23,24)25)9-10-17(20)16-11-15(26-19-16)8-4-7-13-5-2-1-3-6-13;22-16-20-10-12(21(16)27-28(23,24)25)1-2-15(20)14-9-13(26-19-14)5-8-18-11-3-6-17-7-4-11;1-5-9-13-17(14-10-6-2,15-11-7-3)16-12-8-4/h11,13-14,17H,1-10,12H2,(H,23,24,25);9,11-12,15,17-18H,1-8,10H2,(H,23,24,25);5-16H2,1-4H3/q;;+1/p-1/t14-,17+;12-,15+;/m11./s1. The number of aromatic nitrogens is 2. The molecule has 6 aliphatic rings. The van der Waals surface area contributed by atoms with Crippen molar-refractivity contribution < 1.29 is 57.6 Å². The zero-order valence-corrected chi connectivity index (χ0v) is 45.8. The maximum absolute atomic E-state index is 12.5. The van der Waals surface area contributed by atoms with E-state index in [9.17, 15) is 31.0 Å². The lowest BCUT2D eigenvalue weighted by Gasteiger charge is -2.39. The summed E-state index contributed by atoms with van der Waals surface area (Å²) in [5, 5.41) is 16.6. The number of rotatable bonds is 26. The fourth-order valence-electron chi connectivity index (χ4n) is 11.6. The number of nitrogens with zero attached hydrogens (tertiary/aromatic N) is 7. The van der Waals surface area contributed by atoms with Crippen LogP contribution < -0.4 is 10.6 Å². The molecule has 4 atom stereocenters. The van der Waals surface area contributed by atoms with Crippen molar-refractivity contribution in [2.24, 2.45) is 5.92 Å². The van der Waals surface area contributed by atoms with Gasteiger partial charge in [-0.05, 0) is 89.6 Å². The number of urea groups is 2. The van der Waals surface area contributed by atoms with Crippen molar-refractivity contribution in [2.75, 3.05) is 58.9 Å². The van der Waals surface area contributed by atoms with Gasteiger partial charge in [-0.25, -0.2) is 18.0 Å². The second-order valence-corrected chi connectivity index (χ2v) is 23.2. The molecular formula is C50H87N9O12S2. The van der Waals surface area contributed by atoms with E-state index in [2.05, 4.69) is 57.2 Å². The third-order valence-corrected chi connectivity index (χ3v) is 16.4. The summed E-state index contributed by atoms with van der Waals surface area (Å²) in [6.07, 6.45) is 26.1. The Morgan fingerprint density at radius 1 is 0.685 bits per heavy atom. The van der Waals surface area contributed by atoms with Crippen LogP contribution in [0.4, 0.5) is 9.59 Å². The van der Waals surface area contributed by atoms with Crippen molar-refractivity contribution in [2.45, 2.75) is 206 Å². The highest BCUT2D eigenvalue weighted by Crippen LogP contribution is 2.40. The lowest BCUT2D eigenvalue weighted by molar-refractivity contribution is -0.929. The number of aryl methyl sites for hydroxylation is 1. The Labute approximate surface area is 435 Å². The minimum atomic E-state index is -4.98. The highest BCUT2D eigenvalue weighted by molar-refractivity contribution is 7.81. The number of unbranched alkanes of at least 4 members (excludes halogenated alkanes) is 4. The largest absolute Gasteiger partial charge is 0.724 e. The number of hydrogen-bond acceptors (Lipinski definition) is 15. The quantitative estimate of drug-likeness (QED) is 0.0456. The molecule has 6 fully saturated rings. The molecule has 7 heterocycles. The van der Waals surface area contributed by atoms with E-state index in [1.165, 1.54) is 130 Å². The molecular weight excluding hydrogens is 983 g/mol. The fourth-order valence-corrected chi connectivity index (χ4v) is 12.4. The summed E-state index contributed by atoms with van der Waals surface area (Å²) in [7, 11) is -9.73. The summed E-state index contributed by atoms with van der Waals surface area (Å²) in [5.74, 6) is 2.39. The molecule has 2 aromatic rings. The molecule has 5 aliphatic heterocycles. The number of carbonyl (C=O) groups excluding carboxylic acids is 2. The number of piperidine rings is 3. The summed E-state index contributed by atoms with van der Waals surface area (Å²) in [6.45, 7) is 18.5. The van der Waals surface area contributed by atoms with Gasteiger partial charge in [-0.1, -0.05) is 102 Å². The van der Waals surface area contributed by atoms with Crippen LogP contribution in [0.5, 0.6) is 0 Å². The fraction of sp³-hybridized carbons (Fsp3) is 0.840. The van der Waals surface area contributed by atoms with Crippen LogP contribution in [0.3, 0.4) is 0 Å². The van der Waals surface area contributed by atoms with E-state index in [0.29, 0.717) is 67.7 Å². The molecule has 0 radical (unpaired) electrons. The minimum Gasteiger partial charge on any atom is -0.724 e. The number of hydroxylamine groups is 4. The van der Waals surface area contributed by atoms with Crippen LogP contribution in [0.1, 0.15) is 198 Å². The first-order valence-electron chi connectivity index (χ1n) is 27.8. The molecule has 416 valence electrons. The zero-order chi connectivity index (χ0) is 52.4. The van der Waals surface area contributed by atoms with Gasteiger partial charge in [-0.15, -0.1) is 4.28 Å². The first-order chi connectivity index (χ1) is 35.1. The molecule has 3 N–H and O–H groups in total. The Hall–Kier alpha value is -3.42. The average Bonchev–Trinajstić information content (AvgIpc) is 4.15. The molecule has 5 saturated heterocycles. The minimum absolute atomic E-state index is 0.289. The van der Waals surface area contributed by atoms with Gasteiger partial charge in [-0.2, -0.15) is 22.8 Å². The molecule has 23 heteroatoms. The highest BCUT2D eigenvalue weighted by Gasteiger charge is 2.49. The SMILES string of the molecule is CCCC[N+](CCCC)(CCCC)CCCC.O=C1N2C[C@@H](CC[C@H]2c2cc(CCCC3CCCCC3)on2)N1OS(=O)(=O)[O-].O=C1N2C[C@@H](CC[C@H]2c2cc(CCNC3CCNCC3)on2)N1OS(=O)(=O)O. The van der Waals surface area contributed by atoms with E-state index in [0.717, 1.165) is 67.8 Å². The van der Waals surface area contributed by atoms with Crippen LogP contribution in [0.15, 0.2) is 21.2 Å². The smallest absolute Gasteiger partial charge is 0.418 e. The molecule has 1 saturated carbocycles. The van der Waals surface area contributed by atoms with Crippen molar-refractivity contribution in [3.05, 3.63) is 35.0 Å². The van der Waals surface area contributed by atoms with Crippen LogP contribution in [-0.2, 0) is 42.2 Å². The molecule has 2 aromatic heterocycles. The Kier molecular flexibility index (Phi) is 23.1. The first-order valence-corrected chi connectivity index (χ1v) is 30.5. The summed E-state index contributed by atoms with van der Waals surface area (Å²) >= 11 is 0. The first kappa shape index (κ1) is 58.8. The van der Waals surface area contributed by atoms with Crippen molar-refractivity contribution in [3.8, 4) is 0 Å². The number of amides is 4. The van der Waals surface area contributed by atoms with E-state index in [-0.39, 0.29) is 12.1 Å². The number of carbonyl (C=O) groups is 2. The molecule has 8 rings (SSSR count). The molecule has 4 bridgehead atoms. The molecule has 21 nitrogen and oxygen atoms in total. The van der Waals surface area contributed by atoms with E-state index in [1.807, 2.05) is 12.1 Å². The summed E-state index contributed by atoms with van der Waals surface area (Å²) in [5.41, 5.74) is 1.32. The molecule has 0 spiro atoms. The number of hydrogen-bond donors (Lipinski definition) is 3. The second kappa shape index (κ2) is 28.6. The monoisotopic (exact) mass is 1070 g/mol. The van der Waals surface area contributed by atoms with Crippen molar-refractivity contribution >= 4 is 32.9 Å². The maximum atomic E-state index is 12.5. The molecule has 4 amide bonds. The average molecular weight is 1070 g/mol. The number of fused-ring (bicyclic) bond motifs is 4. The van der Waals surface area contributed by atoms with Crippen LogP contribution >= 0.6 is 0 Å². The maximum Gasteiger partial charge on any atom is 0.418 e. The van der Waals surface area contributed by atoms with Gasteiger partial charge in [0.1, 0.15) is 22.9 Å². The van der Waals surface area contributed by atoms with Gasteiger partial charge in [0.25, 0.3) is 0 Å². The molecule has 1 aliphatic carbocycles. The lowest BCUT2D eigenvalue weighted by atomic mass is 9.86. The van der Waals surface area contributed by atoms with Gasteiger partial charge in [0.2, 0.25) is 10.4 Å². The second-order valence-electron chi connectivity index (χ2n) is 21.2. The van der Waals surface area contributed by atoms with E-state index < -0.39 is 44.9 Å². The van der Waals surface area contributed by atoms with Crippen molar-refractivity contribution in [3.63, 3.8) is 0 Å². The lowest BCUT2D eigenvalue weighted by Crippen LogP contribution is -2.50. The Balaban J connectivity index is 0.000000185. The van der Waals surface area contributed by atoms with Crippen LogP contribution in [0.25, 0.3) is 0 Å². The van der Waals surface area contributed by atoms with Gasteiger partial charge >= 0.3 is 22.5 Å². The van der Waals surface area contributed by atoms with Gasteiger partial charge < -0.3 is 38.5 Å². The zero-order valence-electron chi connectivity index (χ0n) is 44.1. The molecule has 0 unspecified atom stereocenters. The number of quaternary nitrogens is 1. The van der Waals surface area contributed by atoms with Crippen molar-refractivity contribution in [1.82, 2.24) is 40.9 Å². The van der Waals surface area contributed by atoms with Gasteiger partial charge in [0.05, 0.1) is 50.3 Å². The van der Waals surface area contributed by atoms with Crippen LogP contribution in [0, 0.1) is 5.92 Å². The topological polar surface area (TPSA) is 253 Å². The predicted octanol–water partition coefficient (Wildman–Crippen LogP) is 8.15. The highest BCUT2D eigenvalue weighted by atomic mass is 32.3. The van der Waals surface area contributed by atoms with Gasteiger partial charge in [0, 0.05) is 50.7 Å². The molecule has 0 aromatic carbocycles.